The molecule has 0 N–H and O–H groups in total. The first-order chi connectivity index (χ1) is 7.08. The third kappa shape index (κ3) is 2.33. The van der Waals surface area contributed by atoms with Crippen LogP contribution < -0.4 is 4.90 Å². The minimum Gasteiger partial charge on any atom is -0.295 e. The molecule has 1 atom stereocenters. The molecule has 1 aliphatic rings. The second-order valence-electron chi connectivity index (χ2n) is 3.60. The first-order valence-electron chi connectivity index (χ1n) is 4.64. The van der Waals surface area contributed by atoms with Crippen LogP contribution in [0.15, 0.2) is 12.3 Å². The number of aromatic nitrogens is 1. The molecule has 80 valence electrons. The van der Waals surface area contributed by atoms with Crippen LogP contribution >= 0.6 is 38.5 Å². The van der Waals surface area contributed by atoms with Crippen LogP contribution in [0.2, 0.25) is 0 Å². The summed E-state index contributed by atoms with van der Waals surface area (Å²) in [6, 6.07) is 2.04. The Morgan fingerprint density at radius 3 is 2.93 bits per heavy atom. The Hall–Kier alpha value is -0.170. The van der Waals surface area contributed by atoms with Gasteiger partial charge in [-0.25, -0.2) is 4.98 Å². The molecular formula is C10H10BrIN2O. The second kappa shape index (κ2) is 4.37. The summed E-state index contributed by atoms with van der Waals surface area (Å²) in [4.78, 5) is 18.0. The van der Waals surface area contributed by atoms with Gasteiger partial charge in [-0.2, -0.15) is 0 Å². The van der Waals surface area contributed by atoms with Crippen molar-refractivity contribution in [3.05, 3.63) is 21.4 Å². The van der Waals surface area contributed by atoms with E-state index in [-0.39, 0.29) is 10.7 Å². The van der Waals surface area contributed by atoms with Crippen molar-refractivity contribution in [2.24, 2.45) is 0 Å². The van der Waals surface area contributed by atoms with Gasteiger partial charge in [0, 0.05) is 27.6 Å². The van der Waals surface area contributed by atoms with Gasteiger partial charge >= 0.3 is 0 Å². The normalized spacial score (nSPS) is 21.1. The lowest BCUT2D eigenvalue weighted by Crippen LogP contribution is -2.26. The fraction of sp³-hybridized carbons (Fsp3) is 0.400. The van der Waals surface area contributed by atoms with Crippen molar-refractivity contribution in [3.8, 4) is 0 Å². The SMILES string of the molecule is Cc1cc(I)cnc1N1CC(Br)CC1=O. The summed E-state index contributed by atoms with van der Waals surface area (Å²) in [7, 11) is 0. The Balaban J connectivity index is 2.34. The number of rotatable bonds is 1. The summed E-state index contributed by atoms with van der Waals surface area (Å²) < 4.78 is 1.09. The maximum atomic E-state index is 11.7. The minimum absolute atomic E-state index is 0.147. The zero-order valence-corrected chi connectivity index (χ0v) is 11.9. The van der Waals surface area contributed by atoms with Gasteiger partial charge in [-0.05, 0) is 41.1 Å². The highest BCUT2D eigenvalue weighted by atomic mass is 127. The fourth-order valence-corrected chi connectivity index (χ4v) is 2.86. The molecule has 15 heavy (non-hydrogen) atoms. The van der Waals surface area contributed by atoms with Gasteiger partial charge in [0.05, 0.1) is 0 Å². The lowest BCUT2D eigenvalue weighted by Gasteiger charge is -2.16. The van der Waals surface area contributed by atoms with Crippen molar-refractivity contribution in [1.29, 1.82) is 0 Å². The number of halogens is 2. The molecule has 0 radical (unpaired) electrons. The van der Waals surface area contributed by atoms with E-state index >= 15 is 0 Å². The van der Waals surface area contributed by atoms with E-state index in [1.807, 2.05) is 13.0 Å². The van der Waals surface area contributed by atoms with Crippen molar-refractivity contribution in [2.75, 3.05) is 11.4 Å². The fourth-order valence-electron chi connectivity index (χ4n) is 1.68. The summed E-state index contributed by atoms with van der Waals surface area (Å²) in [5.74, 6) is 0.941. The predicted octanol–water partition coefficient (Wildman–Crippen LogP) is 2.49. The van der Waals surface area contributed by atoms with Crippen LogP contribution in [0.4, 0.5) is 5.82 Å². The molecule has 0 saturated carbocycles. The van der Waals surface area contributed by atoms with E-state index < -0.39 is 0 Å². The Morgan fingerprint density at radius 1 is 1.67 bits per heavy atom. The molecule has 0 bridgehead atoms. The van der Waals surface area contributed by atoms with Crippen LogP contribution in [0.25, 0.3) is 0 Å². The number of amides is 1. The third-order valence-corrected chi connectivity index (χ3v) is 3.55. The molecule has 1 aromatic heterocycles. The number of carbonyl (C=O) groups excluding carboxylic acids is 1. The topological polar surface area (TPSA) is 33.2 Å². The van der Waals surface area contributed by atoms with Crippen molar-refractivity contribution in [1.82, 2.24) is 4.98 Å². The van der Waals surface area contributed by atoms with E-state index in [0.29, 0.717) is 13.0 Å². The molecule has 2 heterocycles. The summed E-state index contributed by atoms with van der Waals surface area (Å²) in [6.07, 6.45) is 2.35. The smallest absolute Gasteiger partial charge is 0.229 e. The molecule has 1 fully saturated rings. The van der Waals surface area contributed by atoms with E-state index in [9.17, 15) is 4.79 Å². The third-order valence-electron chi connectivity index (χ3n) is 2.35. The number of nitrogens with zero attached hydrogens (tertiary/aromatic N) is 2. The maximum Gasteiger partial charge on any atom is 0.229 e. The molecule has 1 aliphatic heterocycles. The zero-order valence-electron chi connectivity index (χ0n) is 8.20. The molecule has 0 spiro atoms. The highest BCUT2D eigenvalue weighted by molar-refractivity contribution is 14.1. The molecule has 3 nitrogen and oxygen atoms in total. The average Bonchev–Trinajstić information content (AvgIpc) is 2.45. The van der Waals surface area contributed by atoms with Crippen molar-refractivity contribution in [3.63, 3.8) is 0 Å². The quantitative estimate of drug-likeness (QED) is 0.554. The molecule has 0 aliphatic carbocycles. The number of aryl methyl sites for hydroxylation is 1. The average molecular weight is 381 g/mol. The van der Waals surface area contributed by atoms with E-state index in [0.717, 1.165) is 15.0 Å². The zero-order chi connectivity index (χ0) is 11.0. The van der Waals surface area contributed by atoms with E-state index in [1.165, 1.54) is 0 Å². The summed E-state index contributed by atoms with van der Waals surface area (Å²) in [5.41, 5.74) is 1.05. The lowest BCUT2D eigenvalue weighted by atomic mass is 10.3. The number of alkyl halides is 1. The van der Waals surface area contributed by atoms with Crippen molar-refractivity contribution >= 4 is 50.2 Å². The molecule has 5 heteroatoms. The Labute approximate surface area is 111 Å². The molecule has 1 unspecified atom stereocenters. The van der Waals surface area contributed by atoms with Gasteiger partial charge in [-0.1, -0.05) is 15.9 Å². The molecule has 0 aromatic carbocycles. The van der Waals surface area contributed by atoms with Crippen LogP contribution in [-0.2, 0) is 4.79 Å². The monoisotopic (exact) mass is 380 g/mol. The summed E-state index contributed by atoms with van der Waals surface area (Å²) >= 11 is 5.68. The minimum atomic E-state index is 0.147. The predicted molar refractivity (Wildman–Crippen MR) is 71.4 cm³/mol. The van der Waals surface area contributed by atoms with Gasteiger partial charge in [0.2, 0.25) is 5.91 Å². The van der Waals surface area contributed by atoms with Crippen LogP contribution in [0.5, 0.6) is 0 Å². The second-order valence-corrected chi connectivity index (χ2v) is 6.14. The van der Waals surface area contributed by atoms with Crippen LogP contribution in [0.1, 0.15) is 12.0 Å². The number of pyridine rings is 1. The van der Waals surface area contributed by atoms with Gasteiger partial charge in [-0.15, -0.1) is 0 Å². The number of hydrogen-bond donors (Lipinski definition) is 0. The number of anilines is 1. The van der Waals surface area contributed by atoms with Crippen LogP contribution in [0, 0.1) is 10.5 Å². The Morgan fingerprint density at radius 2 is 2.40 bits per heavy atom. The van der Waals surface area contributed by atoms with Gasteiger partial charge < -0.3 is 0 Å². The van der Waals surface area contributed by atoms with E-state index in [2.05, 4.69) is 43.5 Å². The standard InChI is InChI=1S/C10H10BrIN2O/c1-6-2-8(12)4-13-10(6)14-5-7(11)3-9(14)15/h2,4,7H,3,5H2,1H3. The van der Waals surface area contributed by atoms with E-state index in [4.69, 9.17) is 0 Å². The largest absolute Gasteiger partial charge is 0.295 e. The molecule has 1 saturated heterocycles. The number of hydrogen-bond acceptors (Lipinski definition) is 2. The Kier molecular flexibility index (Phi) is 3.30. The molecule has 1 aromatic rings. The van der Waals surface area contributed by atoms with Gasteiger partial charge in [0.1, 0.15) is 5.82 Å². The first kappa shape index (κ1) is 11.3. The highest BCUT2D eigenvalue weighted by Gasteiger charge is 2.30. The summed E-state index contributed by atoms with van der Waals surface area (Å²) in [6.45, 7) is 2.70. The van der Waals surface area contributed by atoms with Crippen LogP contribution in [-0.4, -0.2) is 22.3 Å². The lowest BCUT2D eigenvalue weighted by molar-refractivity contribution is -0.117. The highest BCUT2D eigenvalue weighted by Crippen LogP contribution is 2.26. The van der Waals surface area contributed by atoms with Crippen molar-refractivity contribution in [2.45, 2.75) is 18.2 Å². The molecule has 1 amide bonds. The number of carbonyl (C=O) groups is 1. The van der Waals surface area contributed by atoms with Gasteiger partial charge in [0.25, 0.3) is 0 Å². The van der Waals surface area contributed by atoms with Gasteiger partial charge in [0.15, 0.2) is 0 Å². The van der Waals surface area contributed by atoms with Gasteiger partial charge in [-0.3, -0.25) is 9.69 Å². The maximum absolute atomic E-state index is 11.7. The molecule has 2 rings (SSSR count). The van der Waals surface area contributed by atoms with E-state index in [1.54, 1.807) is 11.1 Å². The summed E-state index contributed by atoms with van der Waals surface area (Å²) in [5, 5.41) is 0. The van der Waals surface area contributed by atoms with Crippen molar-refractivity contribution < 1.29 is 4.79 Å². The first-order valence-corrected chi connectivity index (χ1v) is 6.64. The molecular weight excluding hydrogens is 371 g/mol. The van der Waals surface area contributed by atoms with Crippen LogP contribution in [0.3, 0.4) is 0 Å². The Bertz CT molecular complexity index is 410.